The number of aliphatic hydroxyl groups excluding tert-OH is 1. The summed E-state index contributed by atoms with van der Waals surface area (Å²) in [7, 11) is 1.67. The average Bonchev–Trinajstić information content (AvgIpc) is 2.69. The molecule has 1 aromatic heterocycles. The van der Waals surface area contributed by atoms with Crippen molar-refractivity contribution in [3.8, 4) is 5.75 Å². The SMILES string of the molecule is COc1ccc(CN(Cc2ccc(CO)cc2)c2ccncc2)cc1. The van der Waals surface area contributed by atoms with Crippen LogP contribution in [0, 0.1) is 0 Å². The monoisotopic (exact) mass is 334 g/mol. The van der Waals surface area contributed by atoms with Crippen molar-refractivity contribution in [3.63, 3.8) is 0 Å². The van der Waals surface area contributed by atoms with Gasteiger partial charge in [0.2, 0.25) is 0 Å². The van der Waals surface area contributed by atoms with E-state index >= 15 is 0 Å². The largest absolute Gasteiger partial charge is 0.497 e. The van der Waals surface area contributed by atoms with E-state index < -0.39 is 0 Å². The van der Waals surface area contributed by atoms with Crippen LogP contribution in [0.2, 0.25) is 0 Å². The third-order valence-corrected chi connectivity index (χ3v) is 4.14. The summed E-state index contributed by atoms with van der Waals surface area (Å²) in [5.74, 6) is 0.860. The third kappa shape index (κ3) is 4.58. The summed E-state index contributed by atoms with van der Waals surface area (Å²) in [4.78, 5) is 6.42. The van der Waals surface area contributed by atoms with Gasteiger partial charge in [0.25, 0.3) is 0 Å². The molecular formula is C21H22N2O2. The van der Waals surface area contributed by atoms with E-state index in [-0.39, 0.29) is 6.61 Å². The summed E-state index contributed by atoms with van der Waals surface area (Å²) in [6.45, 7) is 1.64. The Morgan fingerprint density at radius 3 is 1.84 bits per heavy atom. The molecule has 4 heteroatoms. The lowest BCUT2D eigenvalue weighted by Crippen LogP contribution is -2.22. The highest BCUT2D eigenvalue weighted by atomic mass is 16.5. The second-order valence-corrected chi connectivity index (χ2v) is 5.88. The Morgan fingerprint density at radius 2 is 1.32 bits per heavy atom. The Labute approximate surface area is 148 Å². The summed E-state index contributed by atoms with van der Waals surface area (Å²) in [5, 5.41) is 9.20. The molecule has 0 aliphatic carbocycles. The standard InChI is InChI=1S/C21H22N2O2/c1-25-21-8-6-18(7-9-21)15-23(20-10-12-22-13-11-20)14-17-2-4-19(16-24)5-3-17/h2-13,24H,14-16H2,1H3. The maximum atomic E-state index is 9.20. The zero-order valence-corrected chi connectivity index (χ0v) is 14.3. The normalized spacial score (nSPS) is 10.5. The minimum Gasteiger partial charge on any atom is -0.497 e. The van der Waals surface area contributed by atoms with Crippen LogP contribution in [0.15, 0.2) is 73.1 Å². The number of ether oxygens (including phenoxy) is 1. The van der Waals surface area contributed by atoms with E-state index in [1.807, 2.05) is 48.8 Å². The van der Waals surface area contributed by atoms with Crippen LogP contribution in [0.5, 0.6) is 5.75 Å². The molecule has 0 unspecified atom stereocenters. The predicted molar refractivity (Wildman–Crippen MR) is 99.5 cm³/mol. The van der Waals surface area contributed by atoms with Gasteiger partial charge in [-0.25, -0.2) is 0 Å². The molecule has 0 atom stereocenters. The number of methoxy groups -OCH3 is 1. The van der Waals surface area contributed by atoms with Crippen LogP contribution in [0.4, 0.5) is 5.69 Å². The molecule has 0 radical (unpaired) electrons. The van der Waals surface area contributed by atoms with Crippen LogP contribution in [0.3, 0.4) is 0 Å². The van der Waals surface area contributed by atoms with Gasteiger partial charge in [0.15, 0.2) is 0 Å². The number of nitrogens with zero attached hydrogens (tertiary/aromatic N) is 2. The number of hydrogen-bond acceptors (Lipinski definition) is 4. The highest BCUT2D eigenvalue weighted by molar-refractivity contribution is 5.46. The minimum atomic E-state index is 0.0696. The fourth-order valence-corrected chi connectivity index (χ4v) is 2.72. The summed E-state index contributed by atoms with van der Waals surface area (Å²) < 4.78 is 5.23. The van der Waals surface area contributed by atoms with Crippen molar-refractivity contribution in [2.45, 2.75) is 19.7 Å². The van der Waals surface area contributed by atoms with Crippen LogP contribution in [0.1, 0.15) is 16.7 Å². The first-order valence-electron chi connectivity index (χ1n) is 8.25. The molecule has 0 saturated carbocycles. The quantitative estimate of drug-likeness (QED) is 0.714. The predicted octanol–water partition coefficient (Wildman–Crippen LogP) is 3.79. The lowest BCUT2D eigenvalue weighted by molar-refractivity contribution is 0.282. The van der Waals surface area contributed by atoms with E-state index in [4.69, 9.17) is 4.74 Å². The second-order valence-electron chi connectivity index (χ2n) is 5.88. The van der Waals surface area contributed by atoms with Crippen molar-refractivity contribution < 1.29 is 9.84 Å². The fourth-order valence-electron chi connectivity index (χ4n) is 2.72. The van der Waals surface area contributed by atoms with Gasteiger partial charge in [-0.3, -0.25) is 4.98 Å². The van der Waals surface area contributed by atoms with Gasteiger partial charge in [0, 0.05) is 31.2 Å². The molecule has 128 valence electrons. The summed E-state index contributed by atoms with van der Waals surface area (Å²) in [6.07, 6.45) is 3.62. The van der Waals surface area contributed by atoms with E-state index in [1.54, 1.807) is 7.11 Å². The minimum absolute atomic E-state index is 0.0696. The molecular weight excluding hydrogens is 312 g/mol. The van der Waals surface area contributed by atoms with E-state index in [9.17, 15) is 5.11 Å². The summed E-state index contributed by atoms with van der Waals surface area (Å²) in [5.41, 5.74) is 4.46. The zero-order chi connectivity index (χ0) is 17.5. The van der Waals surface area contributed by atoms with Crippen molar-refractivity contribution >= 4 is 5.69 Å². The number of aromatic nitrogens is 1. The maximum Gasteiger partial charge on any atom is 0.118 e. The molecule has 2 aromatic carbocycles. The van der Waals surface area contributed by atoms with Crippen molar-refractivity contribution in [1.29, 1.82) is 0 Å². The van der Waals surface area contributed by atoms with Crippen LogP contribution in [-0.4, -0.2) is 17.2 Å². The molecule has 4 nitrogen and oxygen atoms in total. The number of rotatable bonds is 7. The first kappa shape index (κ1) is 17.0. The Kier molecular flexibility index (Phi) is 5.65. The van der Waals surface area contributed by atoms with Gasteiger partial charge in [0.1, 0.15) is 5.75 Å². The van der Waals surface area contributed by atoms with Crippen LogP contribution in [0.25, 0.3) is 0 Å². The van der Waals surface area contributed by atoms with Crippen molar-refractivity contribution in [2.75, 3.05) is 12.0 Å². The van der Waals surface area contributed by atoms with E-state index in [2.05, 4.69) is 34.1 Å². The topological polar surface area (TPSA) is 45.6 Å². The highest BCUT2D eigenvalue weighted by Crippen LogP contribution is 2.21. The zero-order valence-electron chi connectivity index (χ0n) is 14.3. The third-order valence-electron chi connectivity index (χ3n) is 4.14. The smallest absolute Gasteiger partial charge is 0.118 e. The van der Waals surface area contributed by atoms with Gasteiger partial charge < -0.3 is 14.7 Å². The number of anilines is 1. The highest BCUT2D eigenvalue weighted by Gasteiger charge is 2.09. The molecule has 0 amide bonds. The molecule has 3 aromatic rings. The Bertz CT molecular complexity index is 722. The van der Waals surface area contributed by atoms with Gasteiger partial charge >= 0.3 is 0 Å². The first-order chi connectivity index (χ1) is 12.3. The van der Waals surface area contributed by atoms with Gasteiger partial charge in [-0.1, -0.05) is 36.4 Å². The van der Waals surface area contributed by atoms with Crippen molar-refractivity contribution in [3.05, 3.63) is 89.7 Å². The van der Waals surface area contributed by atoms with Crippen molar-refractivity contribution in [2.24, 2.45) is 0 Å². The van der Waals surface area contributed by atoms with Crippen LogP contribution in [-0.2, 0) is 19.7 Å². The molecule has 0 fully saturated rings. The fraction of sp³-hybridized carbons (Fsp3) is 0.190. The average molecular weight is 334 g/mol. The van der Waals surface area contributed by atoms with Gasteiger partial charge in [0.05, 0.1) is 13.7 Å². The number of aliphatic hydroxyl groups is 1. The van der Waals surface area contributed by atoms with E-state index in [1.165, 1.54) is 11.1 Å². The summed E-state index contributed by atoms with van der Waals surface area (Å²) in [6, 6.07) is 20.2. The molecule has 25 heavy (non-hydrogen) atoms. The lowest BCUT2D eigenvalue weighted by Gasteiger charge is -2.25. The second kappa shape index (κ2) is 8.31. The Balaban J connectivity index is 1.81. The van der Waals surface area contributed by atoms with Crippen LogP contribution >= 0.6 is 0 Å². The maximum absolute atomic E-state index is 9.20. The molecule has 0 spiro atoms. The number of benzene rings is 2. The number of hydrogen-bond donors (Lipinski definition) is 1. The van der Waals surface area contributed by atoms with Gasteiger partial charge in [-0.2, -0.15) is 0 Å². The molecule has 3 rings (SSSR count). The van der Waals surface area contributed by atoms with E-state index in [0.717, 1.165) is 30.1 Å². The molecule has 1 heterocycles. The molecule has 1 N–H and O–H groups in total. The molecule has 0 aliphatic rings. The van der Waals surface area contributed by atoms with E-state index in [0.29, 0.717) is 0 Å². The summed E-state index contributed by atoms with van der Waals surface area (Å²) >= 11 is 0. The van der Waals surface area contributed by atoms with Crippen LogP contribution < -0.4 is 9.64 Å². The Hall–Kier alpha value is -2.85. The van der Waals surface area contributed by atoms with Gasteiger partial charge in [-0.05, 0) is 41.0 Å². The first-order valence-corrected chi connectivity index (χ1v) is 8.25. The molecule has 0 aliphatic heterocycles. The molecule has 0 bridgehead atoms. The Morgan fingerprint density at radius 1 is 0.800 bits per heavy atom. The molecule has 0 saturated heterocycles. The number of pyridine rings is 1. The van der Waals surface area contributed by atoms with Crippen molar-refractivity contribution in [1.82, 2.24) is 4.98 Å². The van der Waals surface area contributed by atoms with Gasteiger partial charge in [-0.15, -0.1) is 0 Å². The lowest BCUT2D eigenvalue weighted by atomic mass is 10.1.